The Hall–Kier alpha value is -2.73. The molecule has 0 heterocycles. The highest BCUT2D eigenvalue weighted by atomic mass is 19.1. The van der Waals surface area contributed by atoms with Crippen LogP contribution in [0, 0.1) is 5.82 Å². The summed E-state index contributed by atoms with van der Waals surface area (Å²) < 4.78 is 12.8. The number of rotatable bonds is 4. The summed E-state index contributed by atoms with van der Waals surface area (Å²) in [5, 5.41) is 15.1. The van der Waals surface area contributed by atoms with E-state index in [0.29, 0.717) is 16.9 Å². The van der Waals surface area contributed by atoms with Crippen molar-refractivity contribution < 1.29 is 19.1 Å². The lowest BCUT2D eigenvalue weighted by atomic mass is 10.1. The van der Waals surface area contributed by atoms with Gasteiger partial charge in [0, 0.05) is 18.3 Å². The first-order valence-electron chi connectivity index (χ1n) is 6.58. The predicted molar refractivity (Wildman–Crippen MR) is 80.7 cm³/mol. The van der Waals surface area contributed by atoms with Crippen molar-refractivity contribution in [2.75, 3.05) is 10.6 Å². The van der Waals surface area contributed by atoms with E-state index in [1.54, 1.807) is 24.3 Å². The highest BCUT2D eigenvalue weighted by Gasteiger charge is 2.17. The summed E-state index contributed by atoms with van der Waals surface area (Å²) in [4.78, 5) is 22.8. The molecule has 0 aliphatic rings. The average Bonchev–Trinajstić information content (AvgIpc) is 2.49. The van der Waals surface area contributed by atoms with Crippen LogP contribution in [0.4, 0.5) is 15.8 Å². The summed E-state index contributed by atoms with van der Waals surface area (Å²) in [7, 11) is 0. The average molecular weight is 302 g/mol. The topological polar surface area (TPSA) is 78.4 Å². The third-order valence-electron chi connectivity index (χ3n) is 2.91. The molecule has 5 nitrogen and oxygen atoms in total. The van der Waals surface area contributed by atoms with Crippen LogP contribution in [0.3, 0.4) is 0 Å². The molecule has 0 aliphatic carbocycles. The number of hydrogen-bond donors (Lipinski definition) is 3. The number of aliphatic hydroxyl groups is 1. The predicted octanol–water partition coefficient (Wildman–Crippen LogP) is 2.46. The second-order valence-electron chi connectivity index (χ2n) is 4.70. The fraction of sp³-hybridized carbons (Fsp3) is 0.125. The molecule has 22 heavy (non-hydrogen) atoms. The molecule has 3 N–H and O–H groups in total. The second-order valence-corrected chi connectivity index (χ2v) is 4.70. The van der Waals surface area contributed by atoms with Crippen molar-refractivity contribution in [2.24, 2.45) is 0 Å². The molecule has 0 bridgehead atoms. The Labute approximate surface area is 126 Å². The Morgan fingerprint density at radius 1 is 0.955 bits per heavy atom. The molecule has 114 valence electrons. The van der Waals surface area contributed by atoms with E-state index in [-0.39, 0.29) is 5.91 Å². The van der Waals surface area contributed by atoms with E-state index in [1.807, 2.05) is 0 Å². The Kier molecular flexibility index (Phi) is 4.85. The van der Waals surface area contributed by atoms with Crippen LogP contribution in [0.25, 0.3) is 0 Å². The fourth-order valence-electron chi connectivity index (χ4n) is 1.85. The van der Waals surface area contributed by atoms with Gasteiger partial charge in [0.1, 0.15) is 5.82 Å². The largest absolute Gasteiger partial charge is 0.378 e. The molecule has 2 aromatic rings. The quantitative estimate of drug-likeness (QED) is 0.811. The second kappa shape index (κ2) is 6.82. The van der Waals surface area contributed by atoms with Gasteiger partial charge in [-0.25, -0.2) is 4.39 Å². The fourth-order valence-corrected chi connectivity index (χ4v) is 1.85. The minimum absolute atomic E-state index is 0.191. The third-order valence-corrected chi connectivity index (χ3v) is 2.91. The molecule has 0 radical (unpaired) electrons. The minimum atomic E-state index is -1.39. The summed E-state index contributed by atoms with van der Waals surface area (Å²) >= 11 is 0. The number of carbonyl (C=O) groups excluding carboxylic acids is 2. The molecule has 1 unspecified atom stereocenters. The zero-order chi connectivity index (χ0) is 16.1. The van der Waals surface area contributed by atoms with Gasteiger partial charge in [0.2, 0.25) is 5.91 Å². The van der Waals surface area contributed by atoms with Crippen LogP contribution >= 0.6 is 0 Å². The lowest BCUT2D eigenvalue weighted by Gasteiger charge is -2.12. The summed E-state index contributed by atoms with van der Waals surface area (Å²) in [5.74, 6) is -1.26. The van der Waals surface area contributed by atoms with Gasteiger partial charge in [0.05, 0.1) is 0 Å². The molecule has 0 aromatic heterocycles. The molecule has 0 spiro atoms. The van der Waals surface area contributed by atoms with E-state index in [4.69, 9.17) is 0 Å². The number of halogens is 1. The van der Waals surface area contributed by atoms with E-state index < -0.39 is 17.8 Å². The monoisotopic (exact) mass is 302 g/mol. The van der Waals surface area contributed by atoms with Crippen molar-refractivity contribution in [2.45, 2.75) is 13.0 Å². The van der Waals surface area contributed by atoms with Gasteiger partial charge in [-0.1, -0.05) is 12.1 Å². The summed E-state index contributed by atoms with van der Waals surface area (Å²) in [5.41, 5.74) is 1.37. The van der Waals surface area contributed by atoms with E-state index in [2.05, 4.69) is 10.6 Å². The number of hydrogen-bond acceptors (Lipinski definition) is 3. The van der Waals surface area contributed by atoms with E-state index >= 15 is 0 Å². The van der Waals surface area contributed by atoms with Crippen LogP contribution in [0.2, 0.25) is 0 Å². The maximum absolute atomic E-state index is 12.8. The smallest absolute Gasteiger partial charge is 0.257 e. The number of amides is 2. The lowest BCUT2D eigenvalue weighted by Crippen LogP contribution is -2.20. The Bertz CT molecular complexity index is 669. The summed E-state index contributed by atoms with van der Waals surface area (Å²) in [6.45, 7) is 1.40. The number of aliphatic hydroxyl groups excluding tert-OH is 1. The summed E-state index contributed by atoms with van der Waals surface area (Å²) in [6, 6.07) is 11.5. The van der Waals surface area contributed by atoms with Crippen LogP contribution in [0.1, 0.15) is 18.6 Å². The zero-order valence-corrected chi connectivity index (χ0v) is 11.8. The van der Waals surface area contributed by atoms with Gasteiger partial charge in [0.15, 0.2) is 6.10 Å². The van der Waals surface area contributed by atoms with Crippen LogP contribution in [0.15, 0.2) is 48.5 Å². The maximum atomic E-state index is 12.8. The zero-order valence-electron chi connectivity index (χ0n) is 11.8. The van der Waals surface area contributed by atoms with E-state index in [0.717, 1.165) is 0 Å². The van der Waals surface area contributed by atoms with Gasteiger partial charge in [-0.05, 0) is 42.0 Å². The number of nitrogens with one attached hydrogen (secondary N) is 2. The van der Waals surface area contributed by atoms with Crippen LogP contribution in [0.5, 0.6) is 0 Å². The first-order valence-corrected chi connectivity index (χ1v) is 6.58. The van der Waals surface area contributed by atoms with Gasteiger partial charge in [-0.2, -0.15) is 0 Å². The van der Waals surface area contributed by atoms with Gasteiger partial charge in [-0.15, -0.1) is 0 Å². The normalized spacial score (nSPS) is 11.6. The van der Waals surface area contributed by atoms with Gasteiger partial charge < -0.3 is 15.7 Å². The number of benzene rings is 2. The number of anilines is 2. The molecule has 2 rings (SSSR count). The van der Waals surface area contributed by atoms with Crippen LogP contribution in [-0.4, -0.2) is 16.9 Å². The molecule has 0 saturated carbocycles. The molecule has 2 aromatic carbocycles. The first-order chi connectivity index (χ1) is 10.5. The molecular formula is C16H15FN2O3. The van der Waals surface area contributed by atoms with Gasteiger partial charge in [-0.3, -0.25) is 9.59 Å². The van der Waals surface area contributed by atoms with Crippen molar-refractivity contribution >= 4 is 23.2 Å². The maximum Gasteiger partial charge on any atom is 0.257 e. The first kappa shape index (κ1) is 15.7. The van der Waals surface area contributed by atoms with Crippen LogP contribution < -0.4 is 10.6 Å². The van der Waals surface area contributed by atoms with Gasteiger partial charge in [0.25, 0.3) is 5.91 Å². The highest BCUT2D eigenvalue weighted by molar-refractivity contribution is 5.95. The Morgan fingerprint density at radius 2 is 1.45 bits per heavy atom. The van der Waals surface area contributed by atoms with Crippen molar-refractivity contribution in [1.82, 2.24) is 0 Å². The molecular weight excluding hydrogens is 287 g/mol. The Balaban J connectivity index is 2.01. The van der Waals surface area contributed by atoms with Crippen molar-refractivity contribution in [3.8, 4) is 0 Å². The molecule has 0 aliphatic heterocycles. The molecule has 0 fully saturated rings. The van der Waals surface area contributed by atoms with Crippen molar-refractivity contribution in [3.05, 3.63) is 59.9 Å². The highest BCUT2D eigenvalue weighted by Crippen LogP contribution is 2.18. The molecule has 1 atom stereocenters. The van der Waals surface area contributed by atoms with Crippen molar-refractivity contribution in [3.63, 3.8) is 0 Å². The van der Waals surface area contributed by atoms with Gasteiger partial charge >= 0.3 is 0 Å². The molecule has 6 heteroatoms. The molecule has 2 amide bonds. The SMILES string of the molecule is CC(=O)Nc1ccc(NC(=O)C(O)c2ccc(F)cc2)cc1. The minimum Gasteiger partial charge on any atom is -0.378 e. The summed E-state index contributed by atoms with van der Waals surface area (Å²) in [6.07, 6.45) is -1.39. The lowest BCUT2D eigenvalue weighted by molar-refractivity contribution is -0.124. The van der Waals surface area contributed by atoms with E-state index in [1.165, 1.54) is 31.2 Å². The third kappa shape index (κ3) is 4.13. The van der Waals surface area contributed by atoms with Crippen molar-refractivity contribution in [1.29, 1.82) is 0 Å². The Morgan fingerprint density at radius 3 is 1.95 bits per heavy atom. The van der Waals surface area contributed by atoms with E-state index in [9.17, 15) is 19.1 Å². The molecule has 0 saturated heterocycles. The van der Waals surface area contributed by atoms with Crippen LogP contribution in [-0.2, 0) is 9.59 Å². The standard InChI is InChI=1S/C16H15FN2O3/c1-10(20)18-13-6-8-14(9-7-13)19-16(22)15(21)11-2-4-12(17)5-3-11/h2-9,15,21H,1H3,(H,18,20)(H,19,22). The number of carbonyl (C=O) groups is 2.